The van der Waals surface area contributed by atoms with Crippen LogP contribution in [-0.4, -0.2) is 44.2 Å². The van der Waals surface area contributed by atoms with Gasteiger partial charge in [0.2, 0.25) is 0 Å². The van der Waals surface area contributed by atoms with E-state index < -0.39 is 7.92 Å². The standard InChI is InChI=1S/C21H33NO3.C18H15P/c1-24-21(23)10-5-4-9-19-11-13-20(14-12-19)25-18-8-17-22-15-6-2-3-7-16-22;1-4-10-16(11-5-1)19(17-12-6-2-7-13-17)18-14-8-3-9-15-18/h11-14H,2-10,15-18H2,1H3;1-15H. The highest BCUT2D eigenvalue weighted by molar-refractivity contribution is 7.79. The molecule has 0 radical (unpaired) electrons. The average Bonchev–Trinajstić information content (AvgIpc) is 3.36. The van der Waals surface area contributed by atoms with Crippen molar-refractivity contribution in [3.8, 4) is 5.75 Å². The van der Waals surface area contributed by atoms with Gasteiger partial charge in [-0.15, -0.1) is 0 Å². The summed E-state index contributed by atoms with van der Waals surface area (Å²) >= 11 is 0. The molecule has 0 unspecified atom stereocenters. The van der Waals surface area contributed by atoms with Crippen LogP contribution in [0, 0.1) is 0 Å². The van der Waals surface area contributed by atoms with Gasteiger partial charge in [0, 0.05) is 13.0 Å². The number of rotatable bonds is 13. The Morgan fingerprint density at radius 1 is 0.659 bits per heavy atom. The largest absolute Gasteiger partial charge is 0.494 e. The first-order valence-electron chi connectivity index (χ1n) is 16.2. The first-order valence-corrected chi connectivity index (χ1v) is 17.5. The van der Waals surface area contributed by atoms with E-state index in [1.54, 1.807) is 0 Å². The third kappa shape index (κ3) is 11.9. The van der Waals surface area contributed by atoms with E-state index >= 15 is 0 Å². The van der Waals surface area contributed by atoms with E-state index in [-0.39, 0.29) is 5.97 Å². The van der Waals surface area contributed by atoms with E-state index in [2.05, 4.69) is 125 Å². The minimum atomic E-state index is -0.446. The summed E-state index contributed by atoms with van der Waals surface area (Å²) in [4.78, 5) is 13.6. The molecular weight excluding hydrogens is 561 g/mol. The lowest BCUT2D eigenvalue weighted by Gasteiger charge is -2.19. The lowest BCUT2D eigenvalue weighted by molar-refractivity contribution is -0.140. The summed E-state index contributed by atoms with van der Waals surface area (Å²) in [5.41, 5.74) is 1.29. The lowest BCUT2D eigenvalue weighted by Crippen LogP contribution is -2.26. The van der Waals surface area contributed by atoms with Crippen molar-refractivity contribution in [2.45, 2.75) is 57.8 Å². The van der Waals surface area contributed by atoms with Gasteiger partial charge in [-0.2, -0.15) is 0 Å². The second kappa shape index (κ2) is 19.7. The van der Waals surface area contributed by atoms with Crippen LogP contribution in [0.3, 0.4) is 0 Å². The Kier molecular flexibility index (Phi) is 15.0. The fourth-order valence-corrected chi connectivity index (χ4v) is 7.77. The molecule has 0 bridgehead atoms. The van der Waals surface area contributed by atoms with Gasteiger partial charge in [-0.05, 0) is 93.1 Å². The van der Waals surface area contributed by atoms with Gasteiger partial charge in [0.1, 0.15) is 5.75 Å². The molecule has 1 aliphatic rings. The summed E-state index contributed by atoms with van der Waals surface area (Å²) in [6.45, 7) is 4.45. The topological polar surface area (TPSA) is 38.8 Å². The fraction of sp³-hybridized carbons (Fsp3) is 0.359. The molecule has 44 heavy (non-hydrogen) atoms. The number of benzene rings is 4. The first-order chi connectivity index (χ1) is 21.7. The number of carbonyl (C=O) groups excluding carboxylic acids is 1. The van der Waals surface area contributed by atoms with E-state index in [0.717, 1.165) is 44.6 Å². The summed E-state index contributed by atoms with van der Waals surface area (Å²) in [6, 6.07) is 40.7. The molecule has 0 spiro atoms. The zero-order valence-corrected chi connectivity index (χ0v) is 27.2. The summed E-state index contributed by atoms with van der Waals surface area (Å²) < 4.78 is 10.5. The number of unbranched alkanes of at least 4 members (excludes halogenated alkanes) is 1. The van der Waals surface area contributed by atoms with Crippen LogP contribution in [0.1, 0.15) is 56.9 Å². The highest BCUT2D eigenvalue weighted by Gasteiger charge is 2.15. The van der Waals surface area contributed by atoms with Gasteiger partial charge in [0.25, 0.3) is 0 Å². The maximum atomic E-state index is 11.1. The number of esters is 1. The number of methoxy groups -OCH3 is 1. The Labute approximate surface area is 266 Å². The van der Waals surface area contributed by atoms with Gasteiger partial charge in [-0.25, -0.2) is 0 Å². The van der Waals surface area contributed by atoms with E-state index in [0.29, 0.717) is 6.42 Å². The molecule has 0 aliphatic carbocycles. The molecule has 1 saturated heterocycles. The van der Waals surface area contributed by atoms with Crippen molar-refractivity contribution >= 4 is 29.8 Å². The van der Waals surface area contributed by atoms with E-state index in [9.17, 15) is 4.79 Å². The molecule has 1 fully saturated rings. The predicted octanol–water partition coefficient (Wildman–Crippen LogP) is 7.66. The van der Waals surface area contributed by atoms with E-state index in [1.807, 2.05) is 0 Å². The fourth-order valence-electron chi connectivity index (χ4n) is 5.47. The summed E-state index contributed by atoms with van der Waals surface area (Å²) in [7, 11) is 0.993. The Morgan fingerprint density at radius 3 is 1.68 bits per heavy atom. The Balaban J connectivity index is 0.000000208. The van der Waals surface area contributed by atoms with Crippen molar-refractivity contribution in [3.63, 3.8) is 0 Å². The van der Waals surface area contributed by atoms with Crippen molar-refractivity contribution in [3.05, 3.63) is 121 Å². The summed E-state index contributed by atoms with van der Waals surface area (Å²) in [5, 5.41) is 4.19. The molecular formula is C39H48NO3P. The molecule has 4 nitrogen and oxygen atoms in total. The van der Waals surface area contributed by atoms with E-state index in [4.69, 9.17) is 4.74 Å². The second-order valence-corrected chi connectivity index (χ2v) is 13.4. The minimum absolute atomic E-state index is 0.121. The predicted molar refractivity (Wildman–Crippen MR) is 186 cm³/mol. The molecule has 5 rings (SSSR count). The Hall–Kier alpha value is -3.46. The molecule has 0 aromatic heterocycles. The quantitative estimate of drug-likeness (QED) is 0.0887. The number of nitrogens with zero attached hydrogens (tertiary/aromatic N) is 1. The minimum Gasteiger partial charge on any atom is -0.494 e. The Bertz CT molecular complexity index is 1210. The third-order valence-electron chi connectivity index (χ3n) is 7.88. The van der Waals surface area contributed by atoms with Gasteiger partial charge in [0.15, 0.2) is 0 Å². The first kappa shape index (κ1) is 33.4. The number of likely N-dealkylation sites (tertiary alicyclic amines) is 1. The van der Waals surface area contributed by atoms with Crippen LogP contribution in [0.2, 0.25) is 0 Å². The third-order valence-corrected chi connectivity index (χ3v) is 10.3. The number of hydrogen-bond acceptors (Lipinski definition) is 4. The van der Waals surface area contributed by atoms with Gasteiger partial charge in [0.05, 0.1) is 13.7 Å². The van der Waals surface area contributed by atoms with Crippen molar-refractivity contribution in [1.82, 2.24) is 4.90 Å². The molecule has 0 atom stereocenters. The normalized spacial score (nSPS) is 13.4. The Morgan fingerprint density at radius 2 is 1.18 bits per heavy atom. The average molecular weight is 610 g/mol. The summed E-state index contributed by atoms with van der Waals surface area (Å²) in [6.07, 6.45) is 9.96. The number of ether oxygens (including phenoxy) is 2. The van der Waals surface area contributed by atoms with Gasteiger partial charge in [-0.1, -0.05) is 116 Å². The molecule has 0 saturated carbocycles. The highest BCUT2D eigenvalue weighted by atomic mass is 31.1. The molecule has 0 amide bonds. The van der Waals surface area contributed by atoms with Crippen molar-refractivity contribution in [2.24, 2.45) is 0 Å². The van der Waals surface area contributed by atoms with Gasteiger partial charge >= 0.3 is 5.97 Å². The molecule has 4 aromatic rings. The molecule has 4 aromatic carbocycles. The molecule has 1 aliphatic heterocycles. The summed E-state index contributed by atoms with van der Waals surface area (Å²) in [5.74, 6) is 0.832. The molecule has 0 N–H and O–H groups in total. The highest BCUT2D eigenvalue weighted by Crippen LogP contribution is 2.32. The van der Waals surface area contributed by atoms with Crippen LogP contribution in [0.5, 0.6) is 5.75 Å². The smallest absolute Gasteiger partial charge is 0.305 e. The van der Waals surface area contributed by atoms with Crippen LogP contribution in [0.15, 0.2) is 115 Å². The number of carbonyl (C=O) groups is 1. The molecule has 1 heterocycles. The molecule has 232 valence electrons. The van der Waals surface area contributed by atoms with Gasteiger partial charge in [-0.3, -0.25) is 4.79 Å². The zero-order valence-electron chi connectivity index (χ0n) is 26.3. The van der Waals surface area contributed by atoms with Crippen molar-refractivity contribution < 1.29 is 14.3 Å². The van der Waals surface area contributed by atoms with Crippen molar-refractivity contribution in [1.29, 1.82) is 0 Å². The van der Waals surface area contributed by atoms with Crippen LogP contribution in [0.4, 0.5) is 0 Å². The monoisotopic (exact) mass is 609 g/mol. The van der Waals surface area contributed by atoms with E-state index in [1.165, 1.54) is 67.4 Å². The maximum absolute atomic E-state index is 11.1. The maximum Gasteiger partial charge on any atom is 0.305 e. The lowest BCUT2D eigenvalue weighted by atomic mass is 10.1. The SMILES string of the molecule is COC(=O)CCCCc1ccc(OCCCN2CCCCCC2)cc1.c1ccc(P(c2ccccc2)c2ccccc2)cc1. The van der Waals surface area contributed by atoms with Crippen molar-refractivity contribution in [2.75, 3.05) is 33.4 Å². The van der Waals surface area contributed by atoms with Crippen LogP contribution in [-0.2, 0) is 16.0 Å². The van der Waals surface area contributed by atoms with Crippen LogP contribution >= 0.6 is 7.92 Å². The zero-order chi connectivity index (χ0) is 30.7. The molecule has 5 heteroatoms. The van der Waals surface area contributed by atoms with Crippen LogP contribution in [0.25, 0.3) is 0 Å². The number of aryl methyl sites for hydroxylation is 1. The number of hydrogen-bond donors (Lipinski definition) is 0. The van der Waals surface area contributed by atoms with Gasteiger partial charge < -0.3 is 14.4 Å². The van der Waals surface area contributed by atoms with Crippen LogP contribution < -0.4 is 20.7 Å². The second-order valence-electron chi connectivity index (χ2n) is 11.2.